The Morgan fingerprint density at radius 1 is 0.981 bits per heavy atom. The van der Waals surface area contributed by atoms with Gasteiger partial charge in [0, 0.05) is 34.2 Å². The van der Waals surface area contributed by atoms with Gasteiger partial charge >= 0.3 is 5.97 Å². The second-order valence-corrected chi connectivity index (χ2v) is 15.5. The molecule has 13 nitrogen and oxygen atoms in total. The molecule has 1 aromatic carbocycles. The number of carbonyl (C=O) groups excluding carboxylic acids is 5. The van der Waals surface area contributed by atoms with E-state index in [0.29, 0.717) is 19.4 Å². The molecule has 0 aromatic heterocycles. The molecule has 0 spiro atoms. The quantitative estimate of drug-likeness (QED) is 0.170. The molecule has 0 bridgehead atoms. The van der Waals surface area contributed by atoms with E-state index in [4.69, 9.17) is 19.9 Å². The highest BCUT2D eigenvalue weighted by atomic mass is 16.5. The fourth-order valence-corrected chi connectivity index (χ4v) is 7.09. The van der Waals surface area contributed by atoms with Crippen molar-refractivity contribution in [1.29, 1.82) is 0 Å². The predicted octanol–water partition coefficient (Wildman–Crippen LogP) is 3.32. The lowest BCUT2D eigenvalue weighted by molar-refractivity contribution is -0.149. The molecule has 1 unspecified atom stereocenters. The predicted molar refractivity (Wildman–Crippen MR) is 204 cm³/mol. The molecule has 0 saturated carbocycles. The first kappa shape index (κ1) is 45.6. The maximum atomic E-state index is 14.2. The maximum Gasteiger partial charge on any atom is 0.328 e. The van der Waals surface area contributed by atoms with Crippen LogP contribution in [-0.2, 0) is 44.6 Å². The zero-order valence-corrected chi connectivity index (χ0v) is 34.1. The summed E-state index contributed by atoms with van der Waals surface area (Å²) in [7, 11) is 6.04. The zero-order valence-electron chi connectivity index (χ0n) is 34.1. The Morgan fingerprint density at radius 2 is 1.60 bits per heavy atom. The average Bonchev–Trinajstić information content (AvgIpc) is 3.62. The van der Waals surface area contributed by atoms with E-state index in [-0.39, 0.29) is 48.3 Å². The van der Waals surface area contributed by atoms with Crippen molar-refractivity contribution in [1.82, 2.24) is 20.4 Å². The number of benzene rings is 1. The van der Waals surface area contributed by atoms with E-state index in [2.05, 4.69) is 10.6 Å². The lowest BCUT2D eigenvalue weighted by Crippen LogP contribution is -2.62. The number of ether oxygens (including phenoxy) is 3. The van der Waals surface area contributed by atoms with Crippen LogP contribution in [0.4, 0.5) is 0 Å². The number of carbonyl (C=O) groups is 5. The first-order valence-electron chi connectivity index (χ1n) is 19.0. The highest BCUT2D eigenvalue weighted by Crippen LogP contribution is 2.30. The zero-order chi connectivity index (χ0) is 40.2. The number of likely N-dealkylation sites (N-methyl/N-ethyl adjacent to an activating group) is 1. The van der Waals surface area contributed by atoms with Crippen LogP contribution in [0.2, 0.25) is 0 Å². The number of likely N-dealkylation sites (tertiary alicyclic amines) is 1. The van der Waals surface area contributed by atoms with Gasteiger partial charge in [-0.3, -0.25) is 19.2 Å². The maximum absolute atomic E-state index is 14.2. The third kappa shape index (κ3) is 11.7. The summed E-state index contributed by atoms with van der Waals surface area (Å²) in [6.45, 7) is 15.4. The number of methoxy groups -OCH3 is 3. The Kier molecular flexibility index (Phi) is 17.9. The van der Waals surface area contributed by atoms with Gasteiger partial charge in [0.15, 0.2) is 0 Å². The molecule has 4 amide bonds. The van der Waals surface area contributed by atoms with Crippen molar-refractivity contribution >= 4 is 29.6 Å². The summed E-state index contributed by atoms with van der Waals surface area (Å²) in [5.41, 5.74) is 6.04. The van der Waals surface area contributed by atoms with Crippen LogP contribution in [0, 0.1) is 23.7 Å². The highest BCUT2D eigenvalue weighted by molar-refractivity contribution is 5.92. The van der Waals surface area contributed by atoms with Crippen LogP contribution in [-0.4, -0.2) is 116 Å². The standard InChI is InChI=1S/C40H67N5O8/c1-13-26(6)34(44(9)37(48)33(24(2)3)43-39(50)40(8,41)25(4)5)31(51-10)23-32(46)45-21-17-20-30(45)35(52-11)27(7)36(47)42-29(38(49)53-12)22-28-18-15-14-16-19-28/h14-16,18-19,24-27,29-31,33-35H,13,17,20-23,41H2,1-12H3,(H,42,47)(H,43,50)/t26-,27+,29-,30-,31+,33-,34-,35+,40?/m0/s1. The summed E-state index contributed by atoms with van der Waals surface area (Å²) < 4.78 is 16.9. The van der Waals surface area contributed by atoms with Gasteiger partial charge in [0.05, 0.1) is 49.3 Å². The van der Waals surface area contributed by atoms with Crippen LogP contribution in [0.15, 0.2) is 30.3 Å². The summed E-state index contributed by atoms with van der Waals surface area (Å²) in [5.74, 6) is -2.94. The second-order valence-electron chi connectivity index (χ2n) is 15.5. The van der Waals surface area contributed by atoms with Crippen molar-refractivity contribution in [2.75, 3.05) is 34.9 Å². The molecule has 9 atom stereocenters. The Hall–Kier alpha value is -3.55. The van der Waals surface area contributed by atoms with Crippen molar-refractivity contribution in [3.8, 4) is 0 Å². The Bertz CT molecular complexity index is 1360. The molecule has 1 aliphatic rings. The fourth-order valence-electron chi connectivity index (χ4n) is 7.09. The van der Waals surface area contributed by atoms with Gasteiger partial charge in [0.25, 0.3) is 0 Å². The highest BCUT2D eigenvalue weighted by Gasteiger charge is 2.44. The molecule has 13 heteroatoms. The van der Waals surface area contributed by atoms with E-state index in [1.165, 1.54) is 21.3 Å². The number of amides is 4. The Labute approximate surface area is 317 Å². The molecule has 1 aromatic rings. The van der Waals surface area contributed by atoms with Gasteiger partial charge in [-0.2, -0.15) is 0 Å². The summed E-state index contributed by atoms with van der Waals surface area (Å²) in [4.78, 5) is 71.2. The van der Waals surface area contributed by atoms with Gasteiger partial charge in [-0.25, -0.2) is 4.79 Å². The monoisotopic (exact) mass is 745 g/mol. The molecule has 1 heterocycles. The molecule has 1 aliphatic heterocycles. The van der Waals surface area contributed by atoms with Crippen LogP contribution in [0.3, 0.4) is 0 Å². The Balaban J connectivity index is 2.28. The molecule has 4 N–H and O–H groups in total. The molecular formula is C40H67N5O8. The number of esters is 1. The minimum absolute atomic E-state index is 0.00888. The van der Waals surface area contributed by atoms with Crippen LogP contribution >= 0.6 is 0 Å². The van der Waals surface area contributed by atoms with E-state index in [9.17, 15) is 24.0 Å². The minimum atomic E-state index is -1.17. The summed E-state index contributed by atoms with van der Waals surface area (Å²) in [6, 6.07) is 6.75. The molecular weight excluding hydrogens is 678 g/mol. The topological polar surface area (TPSA) is 170 Å². The summed E-state index contributed by atoms with van der Waals surface area (Å²) in [6.07, 6.45) is 1.01. The first-order chi connectivity index (χ1) is 24.9. The summed E-state index contributed by atoms with van der Waals surface area (Å²) in [5, 5.41) is 5.76. The van der Waals surface area contributed by atoms with Gasteiger partial charge in [0.2, 0.25) is 23.6 Å². The van der Waals surface area contributed by atoms with Gasteiger partial charge in [-0.1, -0.05) is 85.2 Å². The third-order valence-electron chi connectivity index (χ3n) is 11.3. The van der Waals surface area contributed by atoms with Crippen molar-refractivity contribution in [2.45, 2.75) is 129 Å². The van der Waals surface area contributed by atoms with Crippen LogP contribution in [0.5, 0.6) is 0 Å². The van der Waals surface area contributed by atoms with Crippen molar-refractivity contribution in [2.24, 2.45) is 29.4 Å². The lowest BCUT2D eigenvalue weighted by Gasteiger charge is -2.41. The summed E-state index contributed by atoms with van der Waals surface area (Å²) >= 11 is 0. The minimum Gasteiger partial charge on any atom is -0.467 e. The van der Waals surface area contributed by atoms with E-state index in [1.807, 2.05) is 71.9 Å². The number of hydrogen-bond acceptors (Lipinski definition) is 9. The molecule has 1 saturated heterocycles. The normalized spacial score (nSPS) is 19.7. The fraction of sp³-hybridized carbons (Fsp3) is 0.725. The van der Waals surface area contributed by atoms with Gasteiger partial charge in [0.1, 0.15) is 12.1 Å². The smallest absolute Gasteiger partial charge is 0.328 e. The number of hydrogen-bond donors (Lipinski definition) is 3. The Morgan fingerprint density at radius 3 is 2.11 bits per heavy atom. The molecule has 300 valence electrons. The average molecular weight is 746 g/mol. The van der Waals surface area contributed by atoms with Crippen LogP contribution in [0.1, 0.15) is 86.6 Å². The number of nitrogens with zero attached hydrogens (tertiary/aromatic N) is 2. The molecule has 0 radical (unpaired) electrons. The molecule has 1 fully saturated rings. The van der Waals surface area contributed by atoms with Crippen LogP contribution in [0.25, 0.3) is 0 Å². The van der Waals surface area contributed by atoms with Crippen LogP contribution < -0.4 is 16.4 Å². The van der Waals surface area contributed by atoms with E-state index in [0.717, 1.165) is 12.0 Å². The largest absolute Gasteiger partial charge is 0.467 e. The third-order valence-corrected chi connectivity index (χ3v) is 11.3. The van der Waals surface area contributed by atoms with Crippen molar-refractivity contribution in [3.05, 3.63) is 35.9 Å². The number of nitrogens with two attached hydrogens (primary N) is 1. The lowest BCUT2D eigenvalue weighted by atomic mass is 9.87. The molecule has 0 aliphatic carbocycles. The van der Waals surface area contributed by atoms with E-state index in [1.54, 1.807) is 30.7 Å². The van der Waals surface area contributed by atoms with Gasteiger partial charge in [-0.05, 0) is 43.1 Å². The van der Waals surface area contributed by atoms with E-state index >= 15 is 0 Å². The molecule has 53 heavy (non-hydrogen) atoms. The van der Waals surface area contributed by atoms with E-state index < -0.39 is 59.7 Å². The first-order valence-corrected chi connectivity index (χ1v) is 19.0. The number of nitrogens with one attached hydrogen (secondary N) is 2. The van der Waals surface area contributed by atoms with Gasteiger partial charge in [-0.15, -0.1) is 0 Å². The van der Waals surface area contributed by atoms with Gasteiger partial charge < -0.3 is 40.4 Å². The number of rotatable bonds is 20. The molecule has 2 rings (SSSR count). The SMILES string of the molecule is CC[C@H](C)[C@@H]([C@@H](CC(=O)N1CCC[C@H]1[C@H](OC)[C@@H](C)C(=O)N[C@@H](Cc1ccccc1)C(=O)OC)OC)N(C)C(=O)[C@@H](NC(=O)C(C)(N)C(C)C)C(C)C. The van der Waals surface area contributed by atoms with Crippen molar-refractivity contribution < 1.29 is 38.2 Å². The second kappa shape index (κ2) is 20.8. The van der Waals surface area contributed by atoms with Crippen molar-refractivity contribution in [3.63, 3.8) is 0 Å².